The van der Waals surface area contributed by atoms with Crippen LogP contribution in [0, 0.1) is 5.41 Å². The number of benzene rings is 2. The molecular formula is C31H44N6O2. The highest BCUT2D eigenvalue weighted by Crippen LogP contribution is 2.27. The van der Waals surface area contributed by atoms with Crippen LogP contribution in [-0.4, -0.2) is 46.7 Å². The molecule has 8 heteroatoms. The van der Waals surface area contributed by atoms with E-state index >= 15 is 0 Å². The van der Waals surface area contributed by atoms with E-state index in [0.29, 0.717) is 40.8 Å². The minimum Gasteiger partial charge on any atom is -0.496 e. The van der Waals surface area contributed by atoms with E-state index in [-0.39, 0.29) is 17.4 Å². The van der Waals surface area contributed by atoms with Crippen molar-refractivity contribution in [2.45, 2.75) is 72.4 Å². The van der Waals surface area contributed by atoms with Crippen LogP contribution >= 0.6 is 0 Å². The van der Waals surface area contributed by atoms with Crippen molar-refractivity contribution < 1.29 is 9.53 Å². The van der Waals surface area contributed by atoms with E-state index in [4.69, 9.17) is 15.9 Å². The van der Waals surface area contributed by atoms with Crippen molar-refractivity contribution in [2.75, 3.05) is 25.2 Å². The topological polar surface area (TPSA) is 117 Å². The van der Waals surface area contributed by atoms with Crippen LogP contribution in [0.3, 0.4) is 0 Å². The van der Waals surface area contributed by atoms with Crippen LogP contribution in [0.25, 0.3) is 0 Å². The number of hydrogen-bond donors (Lipinski definition) is 3. The van der Waals surface area contributed by atoms with E-state index in [2.05, 4.69) is 29.1 Å². The zero-order chi connectivity index (χ0) is 28.8. The van der Waals surface area contributed by atoms with Gasteiger partial charge in [0.05, 0.1) is 23.9 Å². The summed E-state index contributed by atoms with van der Waals surface area (Å²) in [7, 11) is 3.31. The van der Waals surface area contributed by atoms with Gasteiger partial charge in [0.1, 0.15) is 23.7 Å². The third-order valence-electron chi connectivity index (χ3n) is 6.17. The van der Waals surface area contributed by atoms with Crippen molar-refractivity contribution in [3.63, 3.8) is 0 Å². The predicted molar refractivity (Wildman–Crippen MR) is 161 cm³/mol. The lowest BCUT2D eigenvalue weighted by molar-refractivity contribution is 0.0781. The number of methoxy groups -OCH3 is 1. The maximum absolute atomic E-state index is 12.9. The minimum absolute atomic E-state index is 0.119. The molecule has 210 valence electrons. The Morgan fingerprint density at radius 1 is 1.08 bits per heavy atom. The highest BCUT2D eigenvalue weighted by Gasteiger charge is 2.21. The number of nitrogen functional groups attached to an aromatic ring is 1. The van der Waals surface area contributed by atoms with Gasteiger partial charge in [0, 0.05) is 25.2 Å². The Morgan fingerprint density at radius 3 is 2.31 bits per heavy atom. The monoisotopic (exact) mass is 532 g/mol. The number of aromatic nitrogens is 2. The molecule has 4 rings (SSSR count). The molecule has 0 unspecified atom stereocenters. The number of para-hydroxylation sites is 1. The zero-order valence-electron chi connectivity index (χ0n) is 24.3. The van der Waals surface area contributed by atoms with E-state index in [1.165, 1.54) is 25.6 Å². The SMILES string of the molecule is CC.CCC.COc1ccccc1C(=O)N(C)Cc1ccc(C(=N)c2c(N)ncnc2NC2CCCC2)cc1. The van der Waals surface area contributed by atoms with Gasteiger partial charge in [-0.15, -0.1) is 0 Å². The molecule has 0 atom stereocenters. The summed E-state index contributed by atoms with van der Waals surface area (Å²) in [6, 6.07) is 15.1. The van der Waals surface area contributed by atoms with Crippen LogP contribution in [0.15, 0.2) is 54.9 Å². The first kappa shape index (κ1) is 31.3. The first-order chi connectivity index (χ1) is 18.9. The molecule has 1 saturated carbocycles. The number of nitrogens with zero attached hydrogens (tertiary/aromatic N) is 3. The zero-order valence-corrected chi connectivity index (χ0v) is 24.3. The summed E-state index contributed by atoms with van der Waals surface area (Å²) in [5.41, 5.74) is 9.12. The Morgan fingerprint density at radius 2 is 1.69 bits per heavy atom. The normalized spacial score (nSPS) is 12.4. The highest BCUT2D eigenvalue weighted by atomic mass is 16.5. The van der Waals surface area contributed by atoms with Crippen molar-refractivity contribution in [3.05, 3.63) is 77.1 Å². The van der Waals surface area contributed by atoms with Crippen LogP contribution in [0.5, 0.6) is 5.75 Å². The maximum Gasteiger partial charge on any atom is 0.257 e. The first-order valence-corrected chi connectivity index (χ1v) is 13.8. The van der Waals surface area contributed by atoms with E-state index < -0.39 is 0 Å². The largest absolute Gasteiger partial charge is 0.496 e. The van der Waals surface area contributed by atoms with Gasteiger partial charge in [-0.25, -0.2) is 9.97 Å². The number of anilines is 2. The van der Waals surface area contributed by atoms with Gasteiger partial charge >= 0.3 is 0 Å². The molecule has 4 N–H and O–H groups in total. The molecule has 3 aromatic rings. The number of nitrogens with one attached hydrogen (secondary N) is 2. The second-order valence-electron chi connectivity index (χ2n) is 9.25. The van der Waals surface area contributed by atoms with E-state index in [1.807, 2.05) is 50.2 Å². The Bertz CT molecular complexity index is 1190. The second-order valence-corrected chi connectivity index (χ2v) is 9.25. The number of nitrogens with two attached hydrogens (primary N) is 1. The summed E-state index contributed by atoms with van der Waals surface area (Å²) in [5.74, 6) is 1.32. The Hall–Kier alpha value is -3.94. The molecule has 39 heavy (non-hydrogen) atoms. The predicted octanol–water partition coefficient (Wildman–Crippen LogP) is 6.55. The van der Waals surface area contributed by atoms with Gasteiger partial charge in [-0.3, -0.25) is 10.2 Å². The van der Waals surface area contributed by atoms with Gasteiger partial charge in [-0.2, -0.15) is 0 Å². The fourth-order valence-electron chi connectivity index (χ4n) is 4.31. The molecule has 1 aromatic heterocycles. The van der Waals surface area contributed by atoms with Crippen LogP contribution in [0.4, 0.5) is 11.6 Å². The minimum atomic E-state index is -0.119. The van der Waals surface area contributed by atoms with Crippen molar-refractivity contribution >= 4 is 23.3 Å². The molecule has 1 aliphatic carbocycles. The van der Waals surface area contributed by atoms with Gasteiger partial charge in [0.25, 0.3) is 5.91 Å². The molecule has 1 aliphatic rings. The summed E-state index contributed by atoms with van der Waals surface area (Å²) < 4.78 is 5.32. The summed E-state index contributed by atoms with van der Waals surface area (Å²) >= 11 is 0. The first-order valence-electron chi connectivity index (χ1n) is 13.8. The van der Waals surface area contributed by atoms with Crippen molar-refractivity contribution in [3.8, 4) is 5.75 Å². The lowest BCUT2D eigenvalue weighted by atomic mass is 10.0. The van der Waals surface area contributed by atoms with Crippen molar-refractivity contribution in [1.82, 2.24) is 14.9 Å². The van der Waals surface area contributed by atoms with Gasteiger partial charge < -0.3 is 20.7 Å². The maximum atomic E-state index is 12.9. The van der Waals surface area contributed by atoms with Gasteiger partial charge in [-0.05, 0) is 30.5 Å². The standard InChI is InChI=1S/C26H30N6O2.C3H8.C2H6/c1-32(26(33)20-9-5-6-10-21(20)34-2)15-17-11-13-18(14-12-17)23(27)22-24(28)29-16-30-25(22)31-19-7-3-4-8-19;1-3-2;1-2/h5-6,9-14,16,19,27H,3-4,7-8,15H2,1-2H3,(H3,28,29,30,31);3H2,1-2H3;1-2H3. The summed E-state index contributed by atoms with van der Waals surface area (Å²) in [6.07, 6.45) is 7.25. The van der Waals surface area contributed by atoms with Crippen molar-refractivity contribution in [2.24, 2.45) is 0 Å². The summed E-state index contributed by atoms with van der Waals surface area (Å²) in [5, 5.41) is 12.2. The van der Waals surface area contributed by atoms with Gasteiger partial charge in [0.15, 0.2) is 0 Å². The third kappa shape index (κ3) is 8.53. The molecule has 0 aliphatic heterocycles. The molecule has 0 bridgehead atoms. The smallest absolute Gasteiger partial charge is 0.257 e. The van der Waals surface area contributed by atoms with Gasteiger partial charge in [0.2, 0.25) is 0 Å². The van der Waals surface area contributed by atoms with Crippen LogP contribution in [-0.2, 0) is 6.54 Å². The highest BCUT2D eigenvalue weighted by molar-refractivity contribution is 6.16. The Labute approximate surface area is 233 Å². The number of carbonyl (C=O) groups excluding carboxylic acids is 1. The second kappa shape index (κ2) is 16.1. The van der Waals surface area contributed by atoms with E-state index in [9.17, 15) is 4.79 Å². The molecule has 1 fully saturated rings. The van der Waals surface area contributed by atoms with Crippen LogP contribution in [0.2, 0.25) is 0 Å². The number of amides is 1. The van der Waals surface area contributed by atoms with Gasteiger partial charge in [-0.1, -0.05) is 83.4 Å². The molecule has 1 heterocycles. The Kier molecular flexibility index (Phi) is 12.9. The average molecular weight is 533 g/mol. The van der Waals surface area contributed by atoms with E-state index in [1.54, 1.807) is 31.2 Å². The summed E-state index contributed by atoms with van der Waals surface area (Å²) in [4.78, 5) is 23.0. The van der Waals surface area contributed by atoms with Crippen molar-refractivity contribution in [1.29, 1.82) is 5.41 Å². The lowest BCUT2D eigenvalue weighted by Gasteiger charge is -2.19. The quantitative estimate of drug-likeness (QED) is 0.283. The van der Waals surface area contributed by atoms with Crippen LogP contribution < -0.4 is 15.8 Å². The number of rotatable bonds is 8. The van der Waals surface area contributed by atoms with Crippen LogP contribution in [0.1, 0.15) is 86.8 Å². The third-order valence-corrected chi connectivity index (χ3v) is 6.17. The molecular weight excluding hydrogens is 488 g/mol. The molecule has 8 nitrogen and oxygen atoms in total. The number of hydrogen-bond acceptors (Lipinski definition) is 7. The molecule has 0 radical (unpaired) electrons. The number of ether oxygens (including phenoxy) is 1. The molecule has 1 amide bonds. The lowest BCUT2D eigenvalue weighted by Crippen LogP contribution is -2.26. The van der Waals surface area contributed by atoms with E-state index in [0.717, 1.165) is 18.4 Å². The number of carbonyl (C=O) groups is 1. The molecule has 0 saturated heterocycles. The summed E-state index contributed by atoms with van der Waals surface area (Å²) in [6.45, 7) is 8.68. The fourth-order valence-corrected chi connectivity index (χ4v) is 4.31. The Balaban J connectivity index is 0.000000998. The average Bonchev–Trinajstić information content (AvgIpc) is 3.47. The fraction of sp³-hybridized carbons (Fsp3) is 0.419. The molecule has 0 spiro atoms. The molecule has 2 aromatic carbocycles.